The molecular weight excluding hydrogens is 474 g/mol. The van der Waals surface area contributed by atoms with Crippen LogP contribution in [-0.4, -0.2) is 17.1 Å². The summed E-state index contributed by atoms with van der Waals surface area (Å²) in [5.74, 6) is 0.651. The third-order valence-electron chi connectivity index (χ3n) is 6.20. The minimum Gasteiger partial charge on any atom is -0.488 e. The summed E-state index contributed by atoms with van der Waals surface area (Å²) in [5.41, 5.74) is 4.18. The molecule has 4 aromatic carbocycles. The maximum absolute atomic E-state index is 13.5. The van der Waals surface area contributed by atoms with E-state index in [9.17, 15) is 9.59 Å². The quantitative estimate of drug-likeness (QED) is 0.191. The number of carbonyl (C=O) groups excluding carboxylic acids is 2. The highest BCUT2D eigenvalue weighted by Gasteiger charge is 2.23. The highest BCUT2D eigenvalue weighted by Crippen LogP contribution is 2.34. The molecule has 0 spiro atoms. The van der Waals surface area contributed by atoms with Gasteiger partial charge in [0, 0.05) is 16.8 Å². The van der Waals surface area contributed by atoms with Gasteiger partial charge in [-0.1, -0.05) is 92.4 Å². The van der Waals surface area contributed by atoms with E-state index in [0.717, 1.165) is 17.4 Å². The molecule has 4 rings (SSSR count). The second-order valence-electron chi connectivity index (χ2n) is 8.81. The molecular formula is C33H31NO4. The topological polar surface area (TPSA) is 55.8 Å². The number of amides is 1. The van der Waals surface area contributed by atoms with Crippen molar-refractivity contribution in [2.24, 2.45) is 0 Å². The van der Waals surface area contributed by atoms with Crippen molar-refractivity contribution in [2.75, 3.05) is 0 Å². The van der Waals surface area contributed by atoms with Gasteiger partial charge in [-0.05, 0) is 41.8 Å². The standard InChI is InChI=1S/C33H31NO4/c1-3-25(2)34(33(36)28-17-11-6-12-18-28)21-29-19-20-31(37-23-26-13-7-4-8-14-26)30(22-35)32(29)38-24-27-15-9-5-10-16-27/h4-20,22H,2-3,21,23-24H2,1H3. The van der Waals surface area contributed by atoms with Crippen LogP contribution in [0.3, 0.4) is 0 Å². The Morgan fingerprint density at radius 2 is 1.34 bits per heavy atom. The van der Waals surface area contributed by atoms with E-state index in [-0.39, 0.29) is 19.1 Å². The van der Waals surface area contributed by atoms with E-state index >= 15 is 0 Å². The Bertz CT molecular complexity index is 1370. The summed E-state index contributed by atoms with van der Waals surface area (Å²) in [5, 5.41) is 0. The Hall–Kier alpha value is -4.64. The van der Waals surface area contributed by atoms with Crippen LogP contribution in [0.1, 0.15) is 50.8 Å². The Labute approximate surface area is 224 Å². The molecule has 0 saturated carbocycles. The fraction of sp³-hybridized carbons (Fsp3) is 0.152. The number of hydrogen-bond acceptors (Lipinski definition) is 4. The normalized spacial score (nSPS) is 10.4. The van der Waals surface area contributed by atoms with E-state index < -0.39 is 0 Å². The number of hydrogen-bond donors (Lipinski definition) is 0. The molecule has 0 radical (unpaired) electrons. The van der Waals surface area contributed by atoms with Gasteiger partial charge in [-0.15, -0.1) is 0 Å². The zero-order chi connectivity index (χ0) is 26.7. The van der Waals surface area contributed by atoms with Gasteiger partial charge in [-0.2, -0.15) is 0 Å². The smallest absolute Gasteiger partial charge is 0.258 e. The average molecular weight is 506 g/mol. The highest BCUT2D eigenvalue weighted by molar-refractivity contribution is 5.95. The summed E-state index contributed by atoms with van der Waals surface area (Å²) < 4.78 is 12.3. The van der Waals surface area contributed by atoms with E-state index in [2.05, 4.69) is 6.58 Å². The summed E-state index contributed by atoms with van der Waals surface area (Å²) in [6.07, 6.45) is 1.35. The van der Waals surface area contributed by atoms with E-state index in [0.29, 0.717) is 46.9 Å². The van der Waals surface area contributed by atoms with Gasteiger partial charge in [0.2, 0.25) is 0 Å². The monoisotopic (exact) mass is 505 g/mol. The van der Waals surface area contributed by atoms with Crippen LogP contribution < -0.4 is 9.47 Å². The molecule has 0 saturated heterocycles. The molecule has 0 aliphatic carbocycles. The number of aldehydes is 1. The first-order chi connectivity index (χ1) is 18.6. The van der Waals surface area contributed by atoms with Crippen LogP contribution in [0.25, 0.3) is 0 Å². The molecule has 0 fully saturated rings. The Morgan fingerprint density at radius 1 is 0.789 bits per heavy atom. The van der Waals surface area contributed by atoms with Crippen molar-refractivity contribution in [1.29, 1.82) is 0 Å². The van der Waals surface area contributed by atoms with Crippen molar-refractivity contribution in [3.63, 3.8) is 0 Å². The zero-order valence-corrected chi connectivity index (χ0v) is 21.5. The van der Waals surface area contributed by atoms with Gasteiger partial charge in [0.25, 0.3) is 5.91 Å². The Morgan fingerprint density at radius 3 is 1.89 bits per heavy atom. The van der Waals surface area contributed by atoms with Crippen LogP contribution >= 0.6 is 0 Å². The molecule has 0 aromatic heterocycles. The first-order valence-electron chi connectivity index (χ1n) is 12.6. The predicted octanol–water partition coefficient (Wildman–Crippen LogP) is 7.22. The minimum atomic E-state index is -0.163. The molecule has 5 heteroatoms. The molecule has 0 atom stereocenters. The van der Waals surface area contributed by atoms with Crippen LogP contribution in [0.2, 0.25) is 0 Å². The average Bonchev–Trinajstić information content (AvgIpc) is 2.98. The fourth-order valence-corrected chi connectivity index (χ4v) is 4.05. The molecule has 0 bridgehead atoms. The lowest BCUT2D eigenvalue weighted by Crippen LogP contribution is -2.29. The lowest BCUT2D eigenvalue weighted by Gasteiger charge is -2.26. The van der Waals surface area contributed by atoms with Crippen molar-refractivity contribution in [1.82, 2.24) is 4.90 Å². The molecule has 0 aliphatic heterocycles. The lowest BCUT2D eigenvalue weighted by molar-refractivity contribution is 0.0791. The van der Waals surface area contributed by atoms with Crippen LogP contribution in [0, 0.1) is 0 Å². The Kier molecular flexibility index (Phi) is 9.08. The van der Waals surface area contributed by atoms with Crippen LogP contribution in [0.4, 0.5) is 0 Å². The summed E-state index contributed by atoms with van der Waals surface area (Å²) in [7, 11) is 0. The first-order valence-corrected chi connectivity index (χ1v) is 12.6. The van der Waals surface area contributed by atoms with Gasteiger partial charge >= 0.3 is 0 Å². The molecule has 0 aliphatic rings. The molecule has 0 unspecified atom stereocenters. The summed E-state index contributed by atoms with van der Waals surface area (Å²) in [4.78, 5) is 27.5. The maximum atomic E-state index is 13.5. The predicted molar refractivity (Wildman–Crippen MR) is 149 cm³/mol. The van der Waals surface area contributed by atoms with Gasteiger partial charge < -0.3 is 14.4 Å². The van der Waals surface area contributed by atoms with E-state index in [1.807, 2.05) is 91.9 Å². The molecule has 192 valence electrons. The van der Waals surface area contributed by atoms with Gasteiger partial charge in [0.1, 0.15) is 24.7 Å². The third kappa shape index (κ3) is 6.56. The number of benzene rings is 4. The van der Waals surface area contributed by atoms with Crippen LogP contribution in [0.15, 0.2) is 115 Å². The molecule has 5 nitrogen and oxygen atoms in total. The number of rotatable bonds is 12. The fourth-order valence-electron chi connectivity index (χ4n) is 4.05. The Balaban J connectivity index is 1.69. The maximum Gasteiger partial charge on any atom is 0.258 e. The lowest BCUT2D eigenvalue weighted by atomic mass is 10.1. The van der Waals surface area contributed by atoms with Crippen molar-refractivity contribution < 1.29 is 19.1 Å². The number of ether oxygens (including phenoxy) is 2. The summed E-state index contributed by atoms with van der Waals surface area (Å²) >= 11 is 0. The van der Waals surface area contributed by atoms with Gasteiger partial charge in [0.15, 0.2) is 6.29 Å². The SMILES string of the molecule is C=C(CC)N(Cc1ccc(OCc2ccccc2)c(C=O)c1OCc1ccccc1)C(=O)c1ccccc1. The van der Waals surface area contributed by atoms with E-state index in [1.165, 1.54) is 0 Å². The second-order valence-corrected chi connectivity index (χ2v) is 8.81. The number of nitrogens with zero attached hydrogens (tertiary/aromatic N) is 1. The van der Waals surface area contributed by atoms with Gasteiger partial charge in [-0.3, -0.25) is 9.59 Å². The molecule has 4 aromatic rings. The second kappa shape index (κ2) is 13.1. The molecule has 0 N–H and O–H groups in total. The summed E-state index contributed by atoms with van der Waals surface area (Å²) in [6.45, 7) is 6.86. The van der Waals surface area contributed by atoms with E-state index in [1.54, 1.807) is 23.1 Å². The van der Waals surface area contributed by atoms with Crippen molar-refractivity contribution in [3.05, 3.63) is 143 Å². The van der Waals surface area contributed by atoms with Crippen LogP contribution in [0.5, 0.6) is 11.5 Å². The third-order valence-corrected chi connectivity index (χ3v) is 6.20. The zero-order valence-electron chi connectivity index (χ0n) is 21.5. The minimum absolute atomic E-state index is 0.163. The summed E-state index contributed by atoms with van der Waals surface area (Å²) in [6, 6.07) is 32.2. The molecule has 38 heavy (non-hydrogen) atoms. The van der Waals surface area contributed by atoms with Gasteiger partial charge in [0.05, 0.1) is 12.1 Å². The van der Waals surface area contributed by atoms with Crippen molar-refractivity contribution >= 4 is 12.2 Å². The highest BCUT2D eigenvalue weighted by atomic mass is 16.5. The van der Waals surface area contributed by atoms with Gasteiger partial charge in [-0.25, -0.2) is 0 Å². The number of carbonyl (C=O) groups is 2. The molecule has 0 heterocycles. The van der Waals surface area contributed by atoms with Crippen molar-refractivity contribution in [3.8, 4) is 11.5 Å². The number of allylic oxidation sites excluding steroid dienone is 1. The van der Waals surface area contributed by atoms with Crippen LogP contribution in [-0.2, 0) is 19.8 Å². The van der Waals surface area contributed by atoms with E-state index in [4.69, 9.17) is 9.47 Å². The van der Waals surface area contributed by atoms with Crippen molar-refractivity contribution in [2.45, 2.75) is 33.1 Å². The molecule has 1 amide bonds. The first kappa shape index (κ1) is 26.4. The largest absolute Gasteiger partial charge is 0.488 e.